The molecule has 0 amide bonds. The maximum absolute atomic E-state index is 12.8. The van der Waals surface area contributed by atoms with Crippen LogP contribution >= 0.6 is 0 Å². The summed E-state index contributed by atoms with van der Waals surface area (Å²) in [6.07, 6.45) is 16.9. The van der Waals surface area contributed by atoms with Crippen molar-refractivity contribution in [3.8, 4) is 0 Å². The van der Waals surface area contributed by atoms with E-state index in [9.17, 15) is 4.79 Å². The van der Waals surface area contributed by atoms with Gasteiger partial charge < -0.3 is 9.47 Å². The highest BCUT2D eigenvalue weighted by atomic mass is 16.6. The molecule has 3 unspecified atom stereocenters. The van der Waals surface area contributed by atoms with Crippen LogP contribution in [0.15, 0.2) is 12.2 Å². The van der Waals surface area contributed by atoms with Crippen molar-refractivity contribution in [2.24, 2.45) is 17.3 Å². The summed E-state index contributed by atoms with van der Waals surface area (Å²) in [6, 6.07) is 0. The second-order valence-corrected chi connectivity index (χ2v) is 9.93. The standard InChI is InChI=1S/C23H36O3/c1-4-8-21-12-18-11-19(13-21)15-23(14-18,16-21)25-17(3)20(24)26-22(5-2)9-6-7-10-22/h4,8,17-19H,5-7,9-16H2,1-3H3. The molecule has 5 fully saturated rings. The topological polar surface area (TPSA) is 35.5 Å². The van der Waals surface area contributed by atoms with Crippen molar-refractivity contribution in [2.45, 2.75) is 109 Å². The first-order valence-electron chi connectivity index (χ1n) is 11.0. The maximum Gasteiger partial charge on any atom is 0.335 e. The highest BCUT2D eigenvalue weighted by Crippen LogP contribution is 2.63. The number of carbonyl (C=O) groups excluding carboxylic acids is 1. The summed E-state index contributed by atoms with van der Waals surface area (Å²) in [6.45, 7) is 6.20. The van der Waals surface area contributed by atoms with E-state index >= 15 is 0 Å². The molecule has 5 aliphatic rings. The Morgan fingerprint density at radius 3 is 2.38 bits per heavy atom. The molecule has 26 heavy (non-hydrogen) atoms. The molecule has 0 aromatic rings. The van der Waals surface area contributed by atoms with E-state index in [4.69, 9.17) is 9.47 Å². The minimum atomic E-state index is -0.446. The number of carbonyl (C=O) groups is 1. The van der Waals surface area contributed by atoms with Gasteiger partial charge in [-0.1, -0.05) is 19.1 Å². The molecule has 5 aliphatic carbocycles. The molecule has 5 rings (SSSR count). The summed E-state index contributed by atoms with van der Waals surface area (Å²) < 4.78 is 12.6. The van der Waals surface area contributed by atoms with E-state index in [1.807, 2.05) is 6.92 Å². The zero-order valence-corrected chi connectivity index (χ0v) is 16.9. The van der Waals surface area contributed by atoms with Crippen molar-refractivity contribution in [3.05, 3.63) is 12.2 Å². The molecule has 0 aromatic carbocycles. The molecule has 5 saturated carbocycles. The molecule has 3 atom stereocenters. The average molecular weight is 361 g/mol. The molecular weight excluding hydrogens is 324 g/mol. The Morgan fingerprint density at radius 1 is 1.15 bits per heavy atom. The smallest absolute Gasteiger partial charge is 0.335 e. The molecule has 0 saturated heterocycles. The third-order valence-corrected chi connectivity index (χ3v) is 7.81. The van der Waals surface area contributed by atoms with E-state index in [2.05, 4.69) is 26.0 Å². The lowest BCUT2D eigenvalue weighted by Gasteiger charge is -2.61. The van der Waals surface area contributed by atoms with Crippen LogP contribution in [0.3, 0.4) is 0 Å². The minimum absolute atomic E-state index is 0.100. The minimum Gasteiger partial charge on any atom is -0.457 e. The maximum atomic E-state index is 12.8. The van der Waals surface area contributed by atoms with Gasteiger partial charge in [-0.25, -0.2) is 4.79 Å². The van der Waals surface area contributed by atoms with Crippen LogP contribution in [0, 0.1) is 17.3 Å². The molecular formula is C23H36O3. The number of ether oxygens (including phenoxy) is 2. The first kappa shape index (κ1) is 18.5. The van der Waals surface area contributed by atoms with Crippen molar-refractivity contribution in [3.63, 3.8) is 0 Å². The van der Waals surface area contributed by atoms with Gasteiger partial charge in [0.05, 0.1) is 5.60 Å². The van der Waals surface area contributed by atoms with Crippen molar-refractivity contribution in [1.82, 2.24) is 0 Å². The lowest BCUT2D eigenvalue weighted by atomic mass is 9.48. The highest BCUT2D eigenvalue weighted by molar-refractivity contribution is 5.74. The summed E-state index contributed by atoms with van der Waals surface area (Å²) in [5.41, 5.74) is -0.00200. The zero-order chi connectivity index (χ0) is 18.4. The van der Waals surface area contributed by atoms with Gasteiger partial charge in [0.25, 0.3) is 0 Å². The third-order valence-electron chi connectivity index (χ3n) is 7.81. The predicted molar refractivity (Wildman–Crippen MR) is 103 cm³/mol. The van der Waals surface area contributed by atoms with Crippen molar-refractivity contribution in [2.75, 3.05) is 0 Å². The first-order valence-corrected chi connectivity index (χ1v) is 11.0. The van der Waals surface area contributed by atoms with Crippen LogP contribution in [0.5, 0.6) is 0 Å². The van der Waals surface area contributed by atoms with Gasteiger partial charge in [-0.3, -0.25) is 0 Å². The molecule has 0 heterocycles. The van der Waals surface area contributed by atoms with Crippen molar-refractivity contribution < 1.29 is 14.3 Å². The van der Waals surface area contributed by atoms with Gasteiger partial charge in [0.15, 0.2) is 6.10 Å². The number of rotatable bonds is 6. The fraction of sp³-hybridized carbons (Fsp3) is 0.870. The summed E-state index contributed by atoms with van der Waals surface area (Å²) in [4.78, 5) is 12.8. The van der Waals surface area contributed by atoms with Gasteiger partial charge >= 0.3 is 5.97 Å². The van der Waals surface area contributed by atoms with E-state index in [-0.39, 0.29) is 17.2 Å². The van der Waals surface area contributed by atoms with Crippen molar-refractivity contribution >= 4 is 5.97 Å². The Labute approximate surface area is 158 Å². The third kappa shape index (κ3) is 3.25. The number of allylic oxidation sites excluding steroid dienone is 2. The molecule has 0 spiro atoms. The number of hydrogen-bond donors (Lipinski definition) is 0. The summed E-state index contributed by atoms with van der Waals surface area (Å²) in [5, 5.41) is 0. The van der Waals surface area contributed by atoms with Crippen LogP contribution in [0.4, 0.5) is 0 Å². The molecule has 0 aliphatic heterocycles. The Kier molecular flexibility index (Phi) is 4.74. The van der Waals surface area contributed by atoms with Crippen LogP contribution in [0.25, 0.3) is 0 Å². The van der Waals surface area contributed by atoms with Gasteiger partial charge in [0.2, 0.25) is 0 Å². The van der Waals surface area contributed by atoms with Crippen molar-refractivity contribution in [1.29, 1.82) is 0 Å². The monoisotopic (exact) mass is 360 g/mol. The van der Waals surface area contributed by atoms with Crippen LogP contribution in [-0.2, 0) is 14.3 Å². The van der Waals surface area contributed by atoms with Gasteiger partial charge in [0, 0.05) is 0 Å². The SMILES string of the molecule is CC=CC12CC3CC(C1)CC(OC(C)C(=O)OC1(CC)CCCC1)(C3)C2. The van der Waals surface area contributed by atoms with Crippen LogP contribution in [0.1, 0.15) is 91.4 Å². The quantitative estimate of drug-likeness (QED) is 0.459. The Hall–Kier alpha value is -0.830. The van der Waals surface area contributed by atoms with Crippen LogP contribution < -0.4 is 0 Å². The van der Waals surface area contributed by atoms with E-state index in [1.54, 1.807) is 0 Å². The molecule has 0 radical (unpaired) electrons. The van der Waals surface area contributed by atoms with E-state index in [0.29, 0.717) is 5.41 Å². The van der Waals surface area contributed by atoms with Crippen LogP contribution in [0.2, 0.25) is 0 Å². The van der Waals surface area contributed by atoms with Crippen LogP contribution in [-0.4, -0.2) is 23.3 Å². The lowest BCUT2D eigenvalue weighted by molar-refractivity contribution is -0.217. The summed E-state index contributed by atoms with van der Waals surface area (Å²) in [7, 11) is 0. The predicted octanol–water partition coefficient (Wildman–Crippen LogP) is 5.57. The van der Waals surface area contributed by atoms with Gasteiger partial charge in [-0.15, -0.1) is 0 Å². The van der Waals surface area contributed by atoms with E-state index in [0.717, 1.165) is 50.4 Å². The lowest BCUT2D eigenvalue weighted by Crippen LogP contribution is -2.57. The normalized spacial score (nSPS) is 41.7. The molecule has 3 heteroatoms. The first-order chi connectivity index (χ1) is 12.4. The molecule has 4 bridgehead atoms. The fourth-order valence-electron chi connectivity index (χ4n) is 7.20. The zero-order valence-electron chi connectivity index (χ0n) is 16.9. The molecule has 3 nitrogen and oxygen atoms in total. The molecule has 0 N–H and O–H groups in total. The summed E-state index contributed by atoms with van der Waals surface area (Å²) >= 11 is 0. The van der Waals surface area contributed by atoms with E-state index in [1.165, 1.54) is 32.1 Å². The second-order valence-electron chi connectivity index (χ2n) is 9.93. The Bertz CT molecular complexity index is 558. The highest BCUT2D eigenvalue weighted by Gasteiger charge is 2.58. The Morgan fingerprint density at radius 2 is 1.81 bits per heavy atom. The number of esters is 1. The molecule has 0 aromatic heterocycles. The number of hydrogen-bond acceptors (Lipinski definition) is 3. The Balaban J connectivity index is 1.45. The van der Waals surface area contributed by atoms with Gasteiger partial charge in [-0.2, -0.15) is 0 Å². The van der Waals surface area contributed by atoms with E-state index < -0.39 is 6.10 Å². The second kappa shape index (κ2) is 6.65. The fourth-order valence-corrected chi connectivity index (χ4v) is 7.20. The largest absolute Gasteiger partial charge is 0.457 e. The summed E-state index contributed by atoms with van der Waals surface area (Å²) in [5.74, 6) is 1.41. The molecule has 146 valence electrons. The van der Waals surface area contributed by atoms with Gasteiger partial charge in [0.1, 0.15) is 5.60 Å². The average Bonchev–Trinajstić information content (AvgIpc) is 3.02. The van der Waals surface area contributed by atoms with Gasteiger partial charge in [-0.05, 0) is 102 Å².